The van der Waals surface area contributed by atoms with E-state index in [-0.39, 0.29) is 11.5 Å². The predicted octanol–water partition coefficient (Wildman–Crippen LogP) is 4.39. The number of hydrogen-bond donors (Lipinski definition) is 1. The highest BCUT2D eigenvalue weighted by Crippen LogP contribution is 2.15. The highest BCUT2D eigenvalue weighted by atomic mass is 19.1. The van der Waals surface area contributed by atoms with Crippen LogP contribution in [0.5, 0.6) is 0 Å². The van der Waals surface area contributed by atoms with Crippen molar-refractivity contribution in [1.29, 1.82) is 5.26 Å². The number of rotatable bonds is 8. The van der Waals surface area contributed by atoms with Crippen LogP contribution in [0, 0.1) is 17.1 Å². The van der Waals surface area contributed by atoms with Gasteiger partial charge in [-0.05, 0) is 24.6 Å². The van der Waals surface area contributed by atoms with E-state index in [0.717, 1.165) is 19.3 Å². The zero-order chi connectivity index (χ0) is 14.8. The van der Waals surface area contributed by atoms with Gasteiger partial charge in [0.2, 0.25) is 5.91 Å². The van der Waals surface area contributed by atoms with Gasteiger partial charge in [-0.15, -0.1) is 0 Å². The molecule has 0 saturated heterocycles. The van der Waals surface area contributed by atoms with Crippen LogP contribution in [0.2, 0.25) is 0 Å². The number of carbonyl (C=O) groups excluding carboxylic acids is 1. The van der Waals surface area contributed by atoms with Crippen LogP contribution in [0.1, 0.15) is 57.4 Å². The van der Waals surface area contributed by atoms with E-state index >= 15 is 0 Å². The molecule has 0 aliphatic carbocycles. The summed E-state index contributed by atoms with van der Waals surface area (Å²) < 4.78 is 13.1. The number of hydrogen-bond acceptors (Lipinski definition) is 2. The van der Waals surface area contributed by atoms with E-state index in [1.54, 1.807) is 6.07 Å². The molecule has 0 unspecified atom stereocenters. The molecule has 0 aliphatic heterocycles. The van der Waals surface area contributed by atoms with Gasteiger partial charge in [-0.1, -0.05) is 39.0 Å². The predicted molar refractivity (Wildman–Crippen MR) is 77.7 cm³/mol. The minimum Gasteiger partial charge on any atom is -0.326 e. The van der Waals surface area contributed by atoms with Crippen molar-refractivity contribution < 1.29 is 9.18 Å². The fraction of sp³-hybridized carbons (Fsp3) is 0.500. The van der Waals surface area contributed by atoms with Crippen molar-refractivity contribution in [2.75, 3.05) is 5.32 Å². The van der Waals surface area contributed by atoms with Gasteiger partial charge in [-0.25, -0.2) is 4.39 Å². The lowest BCUT2D eigenvalue weighted by Crippen LogP contribution is -2.11. The van der Waals surface area contributed by atoms with Crippen molar-refractivity contribution in [3.63, 3.8) is 0 Å². The summed E-state index contributed by atoms with van der Waals surface area (Å²) in [4.78, 5) is 11.7. The highest BCUT2D eigenvalue weighted by Gasteiger charge is 2.06. The molecule has 0 radical (unpaired) electrons. The van der Waals surface area contributed by atoms with Gasteiger partial charge < -0.3 is 5.32 Å². The van der Waals surface area contributed by atoms with E-state index < -0.39 is 5.82 Å². The molecule has 1 aromatic rings. The van der Waals surface area contributed by atoms with Gasteiger partial charge in [0, 0.05) is 12.1 Å². The molecular formula is C16H21FN2O. The largest absolute Gasteiger partial charge is 0.326 e. The van der Waals surface area contributed by atoms with Crippen molar-refractivity contribution >= 4 is 11.6 Å². The topological polar surface area (TPSA) is 52.9 Å². The maximum absolute atomic E-state index is 13.1. The monoisotopic (exact) mass is 276 g/mol. The summed E-state index contributed by atoms with van der Waals surface area (Å²) in [5.74, 6) is -0.655. The van der Waals surface area contributed by atoms with E-state index in [2.05, 4.69) is 12.2 Å². The Labute approximate surface area is 119 Å². The average molecular weight is 276 g/mol. The van der Waals surface area contributed by atoms with E-state index in [1.807, 2.05) is 0 Å². The third kappa shape index (κ3) is 5.83. The van der Waals surface area contributed by atoms with Crippen molar-refractivity contribution in [3.05, 3.63) is 29.6 Å². The van der Waals surface area contributed by atoms with Crippen LogP contribution in [0.15, 0.2) is 18.2 Å². The Morgan fingerprint density at radius 1 is 1.25 bits per heavy atom. The summed E-state index contributed by atoms with van der Waals surface area (Å²) in [6, 6.07) is 5.77. The Balaban J connectivity index is 2.30. The Kier molecular flexibility index (Phi) is 7.34. The number of carbonyl (C=O) groups is 1. The zero-order valence-corrected chi connectivity index (χ0v) is 11.9. The first-order valence-electron chi connectivity index (χ1n) is 7.17. The summed E-state index contributed by atoms with van der Waals surface area (Å²) in [6.07, 6.45) is 7.23. The summed E-state index contributed by atoms with van der Waals surface area (Å²) in [5.41, 5.74) is 0.418. The summed E-state index contributed by atoms with van der Waals surface area (Å²) in [5, 5.41) is 11.4. The molecule has 0 aromatic heterocycles. The first kappa shape index (κ1) is 16.2. The molecule has 20 heavy (non-hydrogen) atoms. The molecule has 1 amide bonds. The molecule has 0 atom stereocenters. The van der Waals surface area contributed by atoms with Crippen LogP contribution in [-0.4, -0.2) is 5.91 Å². The van der Waals surface area contributed by atoms with Crippen molar-refractivity contribution in [3.8, 4) is 6.07 Å². The lowest BCUT2D eigenvalue weighted by atomic mass is 10.1. The molecule has 1 N–H and O–H groups in total. The fourth-order valence-electron chi connectivity index (χ4n) is 1.98. The van der Waals surface area contributed by atoms with Crippen LogP contribution in [0.3, 0.4) is 0 Å². The van der Waals surface area contributed by atoms with Gasteiger partial charge in [0.05, 0.1) is 5.56 Å². The molecule has 0 spiro atoms. The summed E-state index contributed by atoms with van der Waals surface area (Å²) in [7, 11) is 0. The van der Waals surface area contributed by atoms with Crippen molar-refractivity contribution in [2.24, 2.45) is 0 Å². The van der Waals surface area contributed by atoms with Crippen molar-refractivity contribution in [2.45, 2.75) is 51.9 Å². The van der Waals surface area contributed by atoms with Crippen molar-refractivity contribution in [1.82, 2.24) is 0 Å². The second-order valence-corrected chi connectivity index (χ2v) is 4.87. The molecule has 1 rings (SSSR count). The first-order valence-corrected chi connectivity index (χ1v) is 7.17. The maximum Gasteiger partial charge on any atom is 0.224 e. The fourth-order valence-corrected chi connectivity index (χ4v) is 1.98. The van der Waals surface area contributed by atoms with Gasteiger partial charge in [-0.3, -0.25) is 4.79 Å². The average Bonchev–Trinajstić information content (AvgIpc) is 2.44. The number of benzene rings is 1. The number of halogens is 1. The number of amides is 1. The minimum atomic E-state index is -0.568. The van der Waals surface area contributed by atoms with Gasteiger partial charge in [-0.2, -0.15) is 5.26 Å². The lowest BCUT2D eigenvalue weighted by Gasteiger charge is -2.06. The van der Waals surface area contributed by atoms with Gasteiger partial charge in [0.15, 0.2) is 0 Å². The molecular weight excluding hydrogens is 255 g/mol. The Morgan fingerprint density at radius 3 is 2.65 bits per heavy atom. The number of anilines is 1. The van der Waals surface area contributed by atoms with Crippen LogP contribution in [-0.2, 0) is 4.79 Å². The standard InChI is InChI=1S/C16H21FN2O/c1-2-3-4-5-6-7-8-16(20)19-14-9-10-15(17)13(11-14)12-18/h9-11H,2-8H2,1H3,(H,19,20). The first-order chi connectivity index (χ1) is 9.67. The Morgan fingerprint density at radius 2 is 1.95 bits per heavy atom. The second-order valence-electron chi connectivity index (χ2n) is 4.87. The Hall–Kier alpha value is -1.89. The third-order valence-electron chi connectivity index (χ3n) is 3.13. The zero-order valence-electron chi connectivity index (χ0n) is 11.9. The van der Waals surface area contributed by atoms with E-state index in [1.165, 1.54) is 37.5 Å². The molecule has 0 aliphatic rings. The highest BCUT2D eigenvalue weighted by molar-refractivity contribution is 5.90. The van der Waals surface area contributed by atoms with Gasteiger partial charge >= 0.3 is 0 Å². The van der Waals surface area contributed by atoms with Gasteiger partial charge in [0.1, 0.15) is 11.9 Å². The molecule has 0 saturated carbocycles. The van der Waals surface area contributed by atoms with E-state index in [0.29, 0.717) is 12.1 Å². The molecule has 0 heterocycles. The van der Waals surface area contributed by atoms with Crippen LogP contribution in [0.4, 0.5) is 10.1 Å². The molecule has 0 bridgehead atoms. The van der Waals surface area contributed by atoms with E-state index in [9.17, 15) is 9.18 Å². The normalized spacial score (nSPS) is 10.1. The number of nitriles is 1. The summed E-state index contributed by atoms with van der Waals surface area (Å²) in [6.45, 7) is 2.17. The van der Waals surface area contributed by atoms with Crippen LogP contribution < -0.4 is 5.32 Å². The SMILES string of the molecule is CCCCCCCCC(=O)Nc1ccc(F)c(C#N)c1. The molecule has 0 fully saturated rings. The second kappa shape index (κ2) is 9.08. The Bertz CT molecular complexity index is 480. The van der Waals surface area contributed by atoms with Crippen LogP contribution in [0.25, 0.3) is 0 Å². The molecule has 1 aromatic carbocycles. The quantitative estimate of drug-likeness (QED) is 0.716. The minimum absolute atomic E-state index is 0.0534. The summed E-state index contributed by atoms with van der Waals surface area (Å²) >= 11 is 0. The molecule has 3 nitrogen and oxygen atoms in total. The molecule has 4 heteroatoms. The number of nitrogens with one attached hydrogen (secondary N) is 1. The van der Waals surface area contributed by atoms with Crippen LogP contribution >= 0.6 is 0 Å². The van der Waals surface area contributed by atoms with Gasteiger partial charge in [0.25, 0.3) is 0 Å². The molecule has 108 valence electrons. The third-order valence-corrected chi connectivity index (χ3v) is 3.13. The van der Waals surface area contributed by atoms with E-state index in [4.69, 9.17) is 5.26 Å². The number of nitrogens with zero attached hydrogens (tertiary/aromatic N) is 1. The maximum atomic E-state index is 13.1. The lowest BCUT2D eigenvalue weighted by molar-refractivity contribution is -0.116. The smallest absolute Gasteiger partial charge is 0.224 e. The number of unbranched alkanes of at least 4 members (excludes halogenated alkanes) is 5.